The van der Waals surface area contributed by atoms with Crippen molar-refractivity contribution in [1.82, 2.24) is 0 Å². The Balaban J connectivity index is 1.31. The molecule has 3 aromatic carbocycles. The van der Waals surface area contributed by atoms with Crippen molar-refractivity contribution in [3.05, 3.63) is 95.3 Å². The van der Waals surface area contributed by atoms with Gasteiger partial charge in [0.25, 0.3) is 0 Å². The zero-order valence-electron chi connectivity index (χ0n) is 22.7. The molecule has 1 heteroatoms. The minimum absolute atomic E-state index is 0.0621. The standard InChI is InChI=1S/C36H43F/c1-3-5-6-7-8-10-33-24-25-34-27-32(23-26-35(34)36(33)37)22-21-31-19-17-30(18-20-31)16-15-29-13-11-28(9-4-2)12-14-29/h4,17-20,23-29H,2-3,5-16H2,1H3. The van der Waals surface area contributed by atoms with Gasteiger partial charge in [-0.2, -0.15) is 0 Å². The Labute approximate surface area is 224 Å². The summed E-state index contributed by atoms with van der Waals surface area (Å²) in [6.07, 6.45) is 18.0. The van der Waals surface area contributed by atoms with Gasteiger partial charge in [0.1, 0.15) is 5.82 Å². The van der Waals surface area contributed by atoms with Crippen molar-refractivity contribution in [2.75, 3.05) is 0 Å². The van der Waals surface area contributed by atoms with Crippen LogP contribution in [-0.2, 0) is 12.8 Å². The summed E-state index contributed by atoms with van der Waals surface area (Å²) in [5.74, 6) is 8.26. The fourth-order valence-electron chi connectivity index (χ4n) is 5.79. The smallest absolute Gasteiger partial charge is 0.134 e. The van der Waals surface area contributed by atoms with Gasteiger partial charge >= 0.3 is 0 Å². The van der Waals surface area contributed by atoms with Crippen molar-refractivity contribution in [1.29, 1.82) is 0 Å². The van der Waals surface area contributed by atoms with Crippen LogP contribution in [0.1, 0.15) is 99.8 Å². The lowest BCUT2D eigenvalue weighted by Gasteiger charge is -2.27. The molecule has 1 saturated carbocycles. The van der Waals surface area contributed by atoms with Crippen LogP contribution in [0.2, 0.25) is 0 Å². The van der Waals surface area contributed by atoms with Crippen molar-refractivity contribution in [3.63, 3.8) is 0 Å². The van der Waals surface area contributed by atoms with Crippen LogP contribution in [0.4, 0.5) is 4.39 Å². The van der Waals surface area contributed by atoms with E-state index in [1.807, 2.05) is 30.3 Å². The first kappa shape index (κ1) is 27.2. The van der Waals surface area contributed by atoms with Gasteiger partial charge in [-0.05, 0) is 97.6 Å². The molecule has 1 fully saturated rings. The van der Waals surface area contributed by atoms with Crippen LogP contribution in [0.3, 0.4) is 0 Å². The maximum atomic E-state index is 15.1. The van der Waals surface area contributed by atoms with Gasteiger partial charge in [-0.1, -0.05) is 93.7 Å². The largest absolute Gasteiger partial charge is 0.206 e. The van der Waals surface area contributed by atoms with Gasteiger partial charge in [0.05, 0.1) is 0 Å². The van der Waals surface area contributed by atoms with Crippen molar-refractivity contribution in [2.24, 2.45) is 11.8 Å². The molecule has 0 aliphatic heterocycles. The van der Waals surface area contributed by atoms with E-state index >= 15 is 4.39 Å². The number of unbranched alkanes of at least 4 members (excludes halogenated alkanes) is 4. The van der Waals surface area contributed by atoms with Gasteiger partial charge in [0, 0.05) is 16.5 Å². The van der Waals surface area contributed by atoms with E-state index in [0.717, 1.165) is 53.2 Å². The highest BCUT2D eigenvalue weighted by Gasteiger charge is 2.20. The molecule has 0 unspecified atom stereocenters. The molecule has 0 nitrogen and oxygen atoms in total. The van der Waals surface area contributed by atoms with E-state index < -0.39 is 0 Å². The minimum Gasteiger partial charge on any atom is -0.206 e. The number of benzene rings is 3. The highest BCUT2D eigenvalue weighted by Crippen LogP contribution is 2.33. The molecule has 0 spiro atoms. The number of allylic oxidation sites excluding steroid dienone is 1. The van der Waals surface area contributed by atoms with E-state index in [4.69, 9.17) is 0 Å². The average Bonchev–Trinajstić information content (AvgIpc) is 2.93. The first-order valence-electron chi connectivity index (χ1n) is 14.6. The molecule has 4 rings (SSSR count). The van der Waals surface area contributed by atoms with Gasteiger partial charge in [0.15, 0.2) is 0 Å². The number of rotatable bonds is 11. The Bertz CT molecular complexity index is 1200. The highest BCUT2D eigenvalue weighted by atomic mass is 19.1. The summed E-state index contributed by atoms with van der Waals surface area (Å²) in [5.41, 5.74) is 4.19. The Hall–Kier alpha value is -2.85. The second kappa shape index (κ2) is 14.2. The Morgan fingerprint density at radius 3 is 2.27 bits per heavy atom. The van der Waals surface area contributed by atoms with E-state index in [-0.39, 0.29) is 5.82 Å². The Morgan fingerprint density at radius 1 is 0.811 bits per heavy atom. The summed E-state index contributed by atoms with van der Waals surface area (Å²) in [6.45, 7) is 6.12. The highest BCUT2D eigenvalue weighted by molar-refractivity contribution is 5.85. The molecule has 0 saturated heterocycles. The summed E-state index contributed by atoms with van der Waals surface area (Å²) in [7, 11) is 0. The topological polar surface area (TPSA) is 0 Å². The maximum Gasteiger partial charge on any atom is 0.134 e. The predicted molar refractivity (Wildman–Crippen MR) is 157 cm³/mol. The van der Waals surface area contributed by atoms with Crippen LogP contribution in [0.15, 0.2) is 67.3 Å². The molecule has 0 atom stereocenters. The van der Waals surface area contributed by atoms with Crippen LogP contribution >= 0.6 is 0 Å². The maximum absolute atomic E-state index is 15.1. The summed E-state index contributed by atoms with van der Waals surface area (Å²) >= 11 is 0. The average molecular weight is 495 g/mol. The summed E-state index contributed by atoms with van der Waals surface area (Å²) < 4.78 is 15.1. The van der Waals surface area contributed by atoms with Crippen LogP contribution in [-0.4, -0.2) is 0 Å². The van der Waals surface area contributed by atoms with Crippen molar-refractivity contribution >= 4 is 10.8 Å². The third-order valence-electron chi connectivity index (χ3n) is 8.20. The predicted octanol–water partition coefficient (Wildman–Crippen LogP) is 10.2. The van der Waals surface area contributed by atoms with Gasteiger partial charge in [0.2, 0.25) is 0 Å². The zero-order chi connectivity index (χ0) is 25.9. The monoisotopic (exact) mass is 494 g/mol. The number of hydrogen-bond donors (Lipinski definition) is 0. The number of hydrogen-bond acceptors (Lipinski definition) is 0. The molecule has 37 heavy (non-hydrogen) atoms. The van der Waals surface area contributed by atoms with Crippen LogP contribution in [0, 0.1) is 29.5 Å². The van der Waals surface area contributed by atoms with Gasteiger partial charge in [-0.25, -0.2) is 4.39 Å². The van der Waals surface area contributed by atoms with E-state index in [0.29, 0.717) is 5.39 Å². The molecule has 3 aromatic rings. The molecule has 194 valence electrons. The molecular formula is C36H43F. The molecule has 1 aliphatic carbocycles. The minimum atomic E-state index is -0.0621. The van der Waals surface area contributed by atoms with Gasteiger partial charge in [-0.15, -0.1) is 6.58 Å². The lowest BCUT2D eigenvalue weighted by atomic mass is 9.78. The first-order valence-corrected chi connectivity index (χ1v) is 14.6. The van der Waals surface area contributed by atoms with E-state index in [1.54, 1.807) is 0 Å². The van der Waals surface area contributed by atoms with Gasteiger partial charge < -0.3 is 0 Å². The van der Waals surface area contributed by atoms with Gasteiger partial charge in [-0.3, -0.25) is 0 Å². The number of aryl methyl sites for hydroxylation is 2. The first-order chi connectivity index (χ1) is 18.2. The summed E-state index contributed by atoms with van der Waals surface area (Å²) in [4.78, 5) is 0. The summed E-state index contributed by atoms with van der Waals surface area (Å²) in [5, 5.41) is 1.63. The van der Waals surface area contributed by atoms with Crippen molar-refractivity contribution in [2.45, 2.75) is 90.4 Å². The quantitative estimate of drug-likeness (QED) is 0.141. The van der Waals surface area contributed by atoms with Crippen molar-refractivity contribution < 1.29 is 4.39 Å². The second-order valence-electron chi connectivity index (χ2n) is 11.0. The van der Waals surface area contributed by atoms with Crippen LogP contribution in [0.5, 0.6) is 0 Å². The van der Waals surface area contributed by atoms with E-state index in [2.05, 4.69) is 55.7 Å². The zero-order valence-corrected chi connectivity index (χ0v) is 22.7. The molecule has 1 aliphatic rings. The molecule has 0 N–H and O–H groups in total. The Kier molecular flexibility index (Phi) is 10.4. The van der Waals surface area contributed by atoms with Crippen LogP contribution < -0.4 is 0 Å². The SMILES string of the molecule is C=CCC1CCC(CCc2ccc(C#Cc3ccc4c(F)c(CCCCCCC)ccc4c3)cc2)CC1. The molecule has 0 amide bonds. The van der Waals surface area contributed by atoms with Crippen molar-refractivity contribution in [3.8, 4) is 11.8 Å². The fourth-order valence-corrected chi connectivity index (χ4v) is 5.79. The fraction of sp³-hybridized carbons (Fsp3) is 0.444. The summed E-state index contributed by atoms with van der Waals surface area (Å²) in [6, 6.07) is 18.6. The van der Waals surface area contributed by atoms with Crippen LogP contribution in [0.25, 0.3) is 10.8 Å². The Morgan fingerprint density at radius 2 is 1.51 bits per heavy atom. The number of fused-ring (bicyclic) bond motifs is 1. The third kappa shape index (κ3) is 8.07. The van der Waals surface area contributed by atoms with E-state index in [9.17, 15) is 0 Å². The molecule has 0 bridgehead atoms. The molecule has 0 aromatic heterocycles. The lowest BCUT2D eigenvalue weighted by Crippen LogP contribution is -2.14. The van der Waals surface area contributed by atoms with E-state index in [1.165, 1.54) is 69.8 Å². The number of halogens is 1. The molecule has 0 heterocycles. The second-order valence-corrected chi connectivity index (χ2v) is 11.0. The molecule has 0 radical (unpaired) electrons. The third-order valence-corrected chi connectivity index (χ3v) is 8.20. The molecular weight excluding hydrogens is 451 g/mol. The lowest BCUT2D eigenvalue weighted by molar-refractivity contribution is 0.265. The normalized spacial score (nSPS) is 17.4.